The minimum absolute atomic E-state index is 0.0505. The highest BCUT2D eigenvalue weighted by molar-refractivity contribution is 9.10. The molecule has 1 aromatic heterocycles. The number of ether oxygens (including phenoxy) is 1. The van der Waals surface area contributed by atoms with Gasteiger partial charge in [-0.3, -0.25) is 0 Å². The summed E-state index contributed by atoms with van der Waals surface area (Å²) in [7, 11) is 1.66. The predicted octanol–water partition coefficient (Wildman–Crippen LogP) is 5.71. The average Bonchev–Trinajstić information content (AvgIpc) is 3.07. The molecular weight excluding hydrogens is 414 g/mol. The van der Waals surface area contributed by atoms with Gasteiger partial charge < -0.3 is 10.1 Å². The lowest BCUT2D eigenvalue weighted by molar-refractivity contribution is 0.383. The molecule has 1 heterocycles. The SMILES string of the molecule is COc1cc([C@@H](C)N[C@H](C)c2cccc(Cl)c2)nn1-c1ccc(Br)cc1. The van der Waals surface area contributed by atoms with Crippen LogP contribution in [0.5, 0.6) is 5.88 Å². The minimum Gasteiger partial charge on any atom is -0.481 e. The summed E-state index contributed by atoms with van der Waals surface area (Å²) in [4.78, 5) is 0. The maximum atomic E-state index is 6.10. The van der Waals surface area contributed by atoms with Gasteiger partial charge in [-0.2, -0.15) is 5.10 Å². The number of methoxy groups -OCH3 is 1. The topological polar surface area (TPSA) is 39.1 Å². The molecule has 0 fully saturated rings. The summed E-state index contributed by atoms with van der Waals surface area (Å²) in [5, 5.41) is 9.04. The monoisotopic (exact) mass is 433 g/mol. The summed E-state index contributed by atoms with van der Waals surface area (Å²) in [5.41, 5.74) is 3.01. The van der Waals surface area contributed by atoms with Crippen LogP contribution in [0.4, 0.5) is 0 Å². The smallest absolute Gasteiger partial charge is 0.216 e. The van der Waals surface area contributed by atoms with Gasteiger partial charge >= 0.3 is 0 Å². The van der Waals surface area contributed by atoms with E-state index in [0.717, 1.165) is 26.4 Å². The zero-order chi connectivity index (χ0) is 18.7. The van der Waals surface area contributed by atoms with E-state index in [1.807, 2.05) is 53.2 Å². The Balaban J connectivity index is 1.81. The van der Waals surface area contributed by atoms with Gasteiger partial charge in [-0.05, 0) is 55.8 Å². The fourth-order valence-corrected chi connectivity index (χ4v) is 3.30. The third-order valence-corrected chi connectivity index (χ3v) is 5.03. The normalized spacial score (nSPS) is 13.4. The van der Waals surface area contributed by atoms with Crippen LogP contribution in [0.15, 0.2) is 59.1 Å². The number of rotatable bonds is 6. The summed E-state index contributed by atoms with van der Waals surface area (Å²) in [6, 6.07) is 18.0. The number of aromatic nitrogens is 2. The largest absolute Gasteiger partial charge is 0.481 e. The third kappa shape index (κ3) is 4.29. The van der Waals surface area contributed by atoms with Gasteiger partial charge in [-0.25, -0.2) is 4.68 Å². The molecule has 1 N–H and O–H groups in total. The molecule has 6 heteroatoms. The second-order valence-electron chi connectivity index (χ2n) is 6.16. The van der Waals surface area contributed by atoms with Crippen molar-refractivity contribution in [3.8, 4) is 11.6 Å². The molecule has 0 radical (unpaired) electrons. The molecule has 0 aliphatic heterocycles. The first kappa shape index (κ1) is 19.0. The summed E-state index contributed by atoms with van der Waals surface area (Å²) in [6.07, 6.45) is 0. The van der Waals surface area contributed by atoms with E-state index < -0.39 is 0 Å². The van der Waals surface area contributed by atoms with Crippen LogP contribution in [0.2, 0.25) is 5.02 Å². The Morgan fingerprint density at radius 1 is 1.08 bits per heavy atom. The fraction of sp³-hybridized carbons (Fsp3) is 0.250. The van der Waals surface area contributed by atoms with Crippen LogP contribution in [-0.4, -0.2) is 16.9 Å². The molecule has 0 aliphatic rings. The standard InChI is InChI=1S/C20H21BrClN3O/c1-13(15-5-4-6-17(22)11-15)23-14(2)19-12-20(26-3)25(24-19)18-9-7-16(21)8-10-18/h4-14,23H,1-3H3/t13-,14-/m1/s1. The maximum absolute atomic E-state index is 6.10. The lowest BCUT2D eigenvalue weighted by Gasteiger charge is -2.19. The van der Waals surface area contributed by atoms with Gasteiger partial charge in [0.15, 0.2) is 0 Å². The molecule has 2 aromatic carbocycles. The molecule has 0 amide bonds. The molecule has 26 heavy (non-hydrogen) atoms. The van der Waals surface area contributed by atoms with E-state index in [-0.39, 0.29) is 12.1 Å². The Kier molecular flexibility index (Phi) is 6.01. The highest BCUT2D eigenvalue weighted by Gasteiger charge is 2.17. The number of hydrogen-bond donors (Lipinski definition) is 1. The maximum Gasteiger partial charge on any atom is 0.216 e. The van der Waals surface area contributed by atoms with Gasteiger partial charge in [0, 0.05) is 27.6 Å². The molecule has 0 saturated carbocycles. The summed E-state index contributed by atoms with van der Waals surface area (Å²) >= 11 is 9.56. The lowest BCUT2D eigenvalue weighted by Crippen LogP contribution is -2.23. The van der Waals surface area contributed by atoms with Gasteiger partial charge in [-0.1, -0.05) is 39.7 Å². The number of benzene rings is 2. The molecule has 3 aromatic rings. The van der Waals surface area contributed by atoms with Crippen molar-refractivity contribution in [2.24, 2.45) is 0 Å². The van der Waals surface area contributed by atoms with Crippen molar-refractivity contribution in [2.75, 3.05) is 7.11 Å². The summed E-state index contributed by atoms with van der Waals surface area (Å²) in [6.45, 7) is 4.21. The van der Waals surface area contributed by atoms with Crippen molar-refractivity contribution >= 4 is 27.5 Å². The second kappa shape index (κ2) is 8.25. The minimum atomic E-state index is 0.0505. The lowest BCUT2D eigenvalue weighted by atomic mass is 10.1. The van der Waals surface area contributed by atoms with Gasteiger partial charge in [0.05, 0.1) is 18.5 Å². The van der Waals surface area contributed by atoms with Crippen molar-refractivity contribution in [1.29, 1.82) is 0 Å². The van der Waals surface area contributed by atoms with Crippen molar-refractivity contribution < 1.29 is 4.74 Å². The molecule has 0 bridgehead atoms. The van der Waals surface area contributed by atoms with E-state index in [1.54, 1.807) is 7.11 Å². The van der Waals surface area contributed by atoms with Crippen LogP contribution in [0.25, 0.3) is 5.69 Å². The predicted molar refractivity (Wildman–Crippen MR) is 109 cm³/mol. The molecule has 3 rings (SSSR count). The van der Waals surface area contributed by atoms with E-state index in [2.05, 4.69) is 41.2 Å². The molecular formula is C20H21BrClN3O. The molecule has 2 atom stereocenters. The number of halogens is 2. The zero-order valence-electron chi connectivity index (χ0n) is 14.9. The Morgan fingerprint density at radius 3 is 2.46 bits per heavy atom. The van der Waals surface area contributed by atoms with Crippen LogP contribution < -0.4 is 10.1 Å². The van der Waals surface area contributed by atoms with Crippen molar-refractivity contribution in [3.05, 3.63) is 75.4 Å². The molecule has 0 spiro atoms. The van der Waals surface area contributed by atoms with Gasteiger partial charge in [0.1, 0.15) is 0 Å². The molecule has 0 saturated heterocycles. The Hall–Kier alpha value is -1.82. The number of hydrogen-bond acceptors (Lipinski definition) is 3. The quantitative estimate of drug-likeness (QED) is 0.540. The first-order valence-electron chi connectivity index (χ1n) is 8.39. The Morgan fingerprint density at radius 2 is 1.81 bits per heavy atom. The van der Waals surface area contributed by atoms with Gasteiger partial charge in [0.25, 0.3) is 0 Å². The second-order valence-corrected chi connectivity index (χ2v) is 7.52. The summed E-state index contributed by atoms with van der Waals surface area (Å²) < 4.78 is 8.35. The molecule has 136 valence electrons. The summed E-state index contributed by atoms with van der Waals surface area (Å²) in [5.74, 6) is 0.700. The van der Waals surface area contributed by atoms with Crippen LogP contribution >= 0.6 is 27.5 Å². The fourth-order valence-electron chi connectivity index (χ4n) is 2.84. The van der Waals surface area contributed by atoms with Crippen LogP contribution in [-0.2, 0) is 0 Å². The van der Waals surface area contributed by atoms with E-state index in [0.29, 0.717) is 5.88 Å². The van der Waals surface area contributed by atoms with Crippen LogP contribution in [0.1, 0.15) is 37.2 Å². The van der Waals surface area contributed by atoms with Crippen LogP contribution in [0, 0.1) is 0 Å². The molecule has 4 nitrogen and oxygen atoms in total. The highest BCUT2D eigenvalue weighted by Crippen LogP contribution is 2.26. The van der Waals surface area contributed by atoms with E-state index in [4.69, 9.17) is 21.4 Å². The van der Waals surface area contributed by atoms with E-state index >= 15 is 0 Å². The van der Waals surface area contributed by atoms with E-state index in [1.165, 1.54) is 0 Å². The Labute approximate surface area is 167 Å². The van der Waals surface area contributed by atoms with Crippen molar-refractivity contribution in [2.45, 2.75) is 25.9 Å². The van der Waals surface area contributed by atoms with Gasteiger partial charge in [0.2, 0.25) is 5.88 Å². The van der Waals surface area contributed by atoms with Crippen molar-refractivity contribution in [3.63, 3.8) is 0 Å². The zero-order valence-corrected chi connectivity index (χ0v) is 17.3. The van der Waals surface area contributed by atoms with Crippen molar-refractivity contribution in [1.82, 2.24) is 15.1 Å². The third-order valence-electron chi connectivity index (χ3n) is 4.27. The highest BCUT2D eigenvalue weighted by atomic mass is 79.9. The van der Waals surface area contributed by atoms with Gasteiger partial charge in [-0.15, -0.1) is 0 Å². The number of nitrogens with one attached hydrogen (secondary N) is 1. The first-order valence-corrected chi connectivity index (χ1v) is 9.56. The Bertz CT molecular complexity index is 879. The molecule has 0 aliphatic carbocycles. The first-order chi connectivity index (χ1) is 12.5. The average molecular weight is 435 g/mol. The van der Waals surface area contributed by atoms with Crippen LogP contribution in [0.3, 0.4) is 0 Å². The number of nitrogens with zero attached hydrogens (tertiary/aromatic N) is 2. The van der Waals surface area contributed by atoms with E-state index in [9.17, 15) is 0 Å². The molecule has 0 unspecified atom stereocenters.